The van der Waals surface area contributed by atoms with Crippen LogP contribution in [0.1, 0.15) is 28.7 Å². The lowest BCUT2D eigenvalue weighted by Gasteiger charge is -2.25. The smallest absolute Gasteiger partial charge is 0.0398 e. The summed E-state index contributed by atoms with van der Waals surface area (Å²) in [5.74, 6) is 1.73. The summed E-state index contributed by atoms with van der Waals surface area (Å²) in [5.41, 5.74) is 4.29. The predicted molar refractivity (Wildman–Crippen MR) is 82.9 cm³/mol. The molecule has 1 N–H and O–H groups in total. The number of nitrogens with one attached hydrogen (secondary N) is 1. The van der Waals surface area contributed by atoms with Crippen LogP contribution >= 0.6 is 11.8 Å². The molecule has 1 aliphatic heterocycles. The monoisotopic (exact) mass is 269 g/mol. The predicted octanol–water partition coefficient (Wildman–Crippen LogP) is 4.15. The fourth-order valence-electron chi connectivity index (χ4n) is 2.97. The van der Waals surface area contributed by atoms with Gasteiger partial charge in [-0.1, -0.05) is 42.5 Å². The largest absolute Gasteiger partial charge is 0.312 e. The second kappa shape index (κ2) is 5.40. The molecule has 98 valence electrons. The van der Waals surface area contributed by atoms with E-state index >= 15 is 0 Å². The Morgan fingerprint density at radius 3 is 2.63 bits per heavy atom. The van der Waals surface area contributed by atoms with Gasteiger partial charge in [-0.05, 0) is 36.7 Å². The zero-order chi connectivity index (χ0) is 13.2. The fourth-order valence-corrected chi connectivity index (χ4v) is 4.26. The van der Waals surface area contributed by atoms with Crippen molar-refractivity contribution >= 4 is 11.8 Å². The minimum Gasteiger partial charge on any atom is -0.312 e. The Bertz CT molecular complexity index is 579. The molecule has 0 saturated heterocycles. The quantitative estimate of drug-likeness (QED) is 0.898. The molecule has 0 saturated carbocycles. The van der Waals surface area contributed by atoms with Crippen LogP contribution < -0.4 is 5.32 Å². The average Bonchev–Trinajstić information content (AvgIpc) is 2.86. The van der Waals surface area contributed by atoms with Crippen LogP contribution in [0.25, 0.3) is 0 Å². The minimum atomic E-state index is 0.400. The van der Waals surface area contributed by atoms with Crippen molar-refractivity contribution in [3.8, 4) is 0 Å². The van der Waals surface area contributed by atoms with Gasteiger partial charge in [-0.25, -0.2) is 0 Å². The molecule has 0 spiro atoms. The third kappa shape index (κ3) is 2.31. The highest BCUT2D eigenvalue weighted by atomic mass is 32.2. The minimum absolute atomic E-state index is 0.400. The maximum atomic E-state index is 3.53. The van der Waals surface area contributed by atoms with Crippen LogP contribution in [-0.2, 0) is 0 Å². The topological polar surface area (TPSA) is 12.0 Å². The van der Waals surface area contributed by atoms with Gasteiger partial charge < -0.3 is 5.32 Å². The lowest BCUT2D eigenvalue weighted by atomic mass is 9.87. The number of fused-ring (bicyclic) bond motifs is 1. The molecule has 0 aromatic heterocycles. The number of hydrogen-bond acceptors (Lipinski definition) is 2. The molecular formula is C17H19NS. The highest BCUT2D eigenvalue weighted by Gasteiger charge is 2.30. The van der Waals surface area contributed by atoms with Crippen LogP contribution in [0.15, 0.2) is 53.4 Å². The lowest BCUT2D eigenvalue weighted by molar-refractivity contribution is 0.512. The number of aryl methyl sites for hydroxylation is 1. The first-order valence-corrected chi connectivity index (χ1v) is 7.74. The number of thioether (sulfide) groups is 1. The number of likely N-dealkylation sites (N-methyl/N-ethyl adjacent to an activating group) is 1. The van der Waals surface area contributed by atoms with Crippen LogP contribution in [0.4, 0.5) is 0 Å². The molecule has 0 radical (unpaired) electrons. The summed E-state index contributed by atoms with van der Waals surface area (Å²) in [6, 6.07) is 17.9. The second-order valence-electron chi connectivity index (χ2n) is 5.08. The molecule has 0 amide bonds. The highest BCUT2D eigenvalue weighted by molar-refractivity contribution is 7.99. The van der Waals surface area contributed by atoms with Crippen LogP contribution in [-0.4, -0.2) is 12.8 Å². The van der Waals surface area contributed by atoms with E-state index in [4.69, 9.17) is 0 Å². The van der Waals surface area contributed by atoms with Crippen molar-refractivity contribution in [3.63, 3.8) is 0 Å². The Hall–Kier alpha value is -1.25. The standard InChI is InChI=1S/C17H19NS/c1-12-7-3-4-8-13(12)17(18-2)15-11-19-16-10-6-5-9-14(15)16/h3-10,15,17-18H,11H2,1-2H3. The van der Waals surface area contributed by atoms with Crippen molar-refractivity contribution in [1.82, 2.24) is 5.32 Å². The number of rotatable bonds is 3. The van der Waals surface area contributed by atoms with E-state index in [2.05, 4.69) is 67.8 Å². The molecule has 0 aliphatic carbocycles. The molecule has 1 aliphatic rings. The Morgan fingerprint density at radius 1 is 1.11 bits per heavy atom. The van der Waals surface area contributed by atoms with Crippen molar-refractivity contribution in [2.45, 2.75) is 23.8 Å². The summed E-state index contributed by atoms with van der Waals surface area (Å²) < 4.78 is 0. The molecule has 1 nitrogen and oxygen atoms in total. The SMILES string of the molecule is CNC(c1ccccc1C)C1CSc2ccccc21. The summed E-state index contributed by atoms with van der Waals surface area (Å²) in [5, 5.41) is 3.53. The summed E-state index contributed by atoms with van der Waals surface area (Å²) in [4.78, 5) is 1.45. The highest BCUT2D eigenvalue weighted by Crippen LogP contribution is 2.45. The summed E-state index contributed by atoms with van der Waals surface area (Å²) in [7, 11) is 2.07. The molecule has 0 bridgehead atoms. The van der Waals surface area contributed by atoms with Crippen molar-refractivity contribution in [3.05, 3.63) is 65.2 Å². The molecule has 19 heavy (non-hydrogen) atoms. The van der Waals surface area contributed by atoms with Crippen molar-refractivity contribution in [1.29, 1.82) is 0 Å². The van der Waals surface area contributed by atoms with Crippen LogP contribution in [0.3, 0.4) is 0 Å². The average molecular weight is 269 g/mol. The van der Waals surface area contributed by atoms with Gasteiger partial charge in [0.05, 0.1) is 0 Å². The molecule has 2 aromatic carbocycles. The van der Waals surface area contributed by atoms with Gasteiger partial charge >= 0.3 is 0 Å². The maximum Gasteiger partial charge on any atom is 0.0398 e. The molecule has 0 fully saturated rings. The zero-order valence-electron chi connectivity index (χ0n) is 11.4. The van der Waals surface area contributed by atoms with Crippen molar-refractivity contribution in [2.24, 2.45) is 0 Å². The summed E-state index contributed by atoms with van der Waals surface area (Å²) >= 11 is 1.98. The normalized spacial score (nSPS) is 19.2. The zero-order valence-corrected chi connectivity index (χ0v) is 12.2. The lowest BCUT2D eigenvalue weighted by Crippen LogP contribution is -2.24. The third-order valence-corrected chi connectivity index (χ3v) is 5.18. The third-order valence-electron chi connectivity index (χ3n) is 3.97. The van der Waals surface area contributed by atoms with Crippen LogP contribution in [0.5, 0.6) is 0 Å². The molecule has 2 atom stereocenters. The van der Waals surface area contributed by atoms with E-state index in [9.17, 15) is 0 Å². The van der Waals surface area contributed by atoms with Gasteiger partial charge in [0.2, 0.25) is 0 Å². The van der Waals surface area contributed by atoms with Crippen LogP contribution in [0, 0.1) is 6.92 Å². The molecule has 3 rings (SSSR count). The summed E-state index contributed by atoms with van der Waals surface area (Å²) in [6.07, 6.45) is 0. The molecule has 2 aromatic rings. The van der Waals surface area contributed by atoms with Crippen molar-refractivity contribution in [2.75, 3.05) is 12.8 Å². The molecule has 1 heterocycles. The van der Waals surface area contributed by atoms with Gasteiger partial charge in [0.1, 0.15) is 0 Å². The Labute approximate surface area is 119 Å². The second-order valence-corrected chi connectivity index (χ2v) is 6.14. The molecule has 2 unspecified atom stereocenters. The molecular weight excluding hydrogens is 250 g/mol. The van der Waals surface area contributed by atoms with Gasteiger partial charge in [-0.3, -0.25) is 0 Å². The fraction of sp³-hybridized carbons (Fsp3) is 0.294. The van der Waals surface area contributed by atoms with Gasteiger partial charge in [0.25, 0.3) is 0 Å². The van der Waals surface area contributed by atoms with Gasteiger partial charge in [-0.2, -0.15) is 0 Å². The Kier molecular flexibility index (Phi) is 3.63. The first-order valence-electron chi connectivity index (χ1n) is 6.76. The van der Waals surface area contributed by atoms with Crippen LogP contribution in [0.2, 0.25) is 0 Å². The number of hydrogen-bond donors (Lipinski definition) is 1. The van der Waals surface area contributed by atoms with E-state index in [-0.39, 0.29) is 0 Å². The summed E-state index contributed by atoms with van der Waals surface area (Å²) in [6.45, 7) is 2.20. The maximum absolute atomic E-state index is 3.53. The van der Waals surface area contributed by atoms with Gasteiger partial charge in [0.15, 0.2) is 0 Å². The van der Waals surface area contributed by atoms with E-state index in [1.165, 1.54) is 27.3 Å². The molecule has 2 heteroatoms. The van der Waals surface area contributed by atoms with E-state index in [1.807, 2.05) is 11.8 Å². The van der Waals surface area contributed by atoms with Gasteiger partial charge in [-0.15, -0.1) is 11.8 Å². The number of benzene rings is 2. The first-order chi connectivity index (χ1) is 9.31. The van der Waals surface area contributed by atoms with E-state index in [0.29, 0.717) is 12.0 Å². The Morgan fingerprint density at radius 2 is 1.84 bits per heavy atom. The van der Waals surface area contributed by atoms with E-state index in [1.54, 1.807) is 0 Å². The first kappa shape index (κ1) is 12.8. The van der Waals surface area contributed by atoms with Crippen molar-refractivity contribution < 1.29 is 0 Å². The van der Waals surface area contributed by atoms with E-state index in [0.717, 1.165) is 0 Å². The van der Waals surface area contributed by atoms with Gasteiger partial charge in [0, 0.05) is 22.6 Å². The Balaban J connectivity index is 1.99. The van der Waals surface area contributed by atoms with E-state index < -0.39 is 0 Å².